The minimum absolute atomic E-state index is 0.0782. The van der Waals surface area contributed by atoms with Gasteiger partial charge in [0.05, 0.1) is 13.0 Å². The highest BCUT2D eigenvalue weighted by molar-refractivity contribution is 6.23. The molecule has 0 amide bonds. The van der Waals surface area contributed by atoms with E-state index in [-0.39, 0.29) is 35.1 Å². The van der Waals surface area contributed by atoms with E-state index in [4.69, 9.17) is 33.7 Å². The molecule has 1 aliphatic rings. The van der Waals surface area contributed by atoms with Crippen LogP contribution in [0.4, 0.5) is 0 Å². The Morgan fingerprint density at radius 1 is 1.38 bits per heavy atom. The summed E-state index contributed by atoms with van der Waals surface area (Å²) in [5.74, 6) is -0.0130. The minimum Gasteiger partial charge on any atom is -0.466 e. The van der Waals surface area contributed by atoms with Crippen LogP contribution in [0.25, 0.3) is 0 Å². The van der Waals surface area contributed by atoms with Crippen molar-refractivity contribution in [3.63, 3.8) is 0 Å². The first-order valence-corrected chi connectivity index (χ1v) is 6.59. The monoisotopic (exact) mass is 267 g/mol. The van der Waals surface area contributed by atoms with Gasteiger partial charge in [0.1, 0.15) is 0 Å². The lowest BCUT2D eigenvalue weighted by Crippen LogP contribution is -2.39. The van der Waals surface area contributed by atoms with Crippen molar-refractivity contribution in [2.24, 2.45) is 11.7 Å². The van der Waals surface area contributed by atoms with Gasteiger partial charge < -0.3 is 10.5 Å². The van der Waals surface area contributed by atoms with E-state index >= 15 is 0 Å². The third-order valence-corrected chi connectivity index (χ3v) is 3.65. The Morgan fingerprint density at radius 2 is 1.94 bits per heavy atom. The normalized spacial score (nSPS) is 32.1. The molecule has 0 saturated heterocycles. The van der Waals surface area contributed by atoms with Gasteiger partial charge in [-0.3, -0.25) is 4.79 Å². The topological polar surface area (TPSA) is 52.3 Å². The van der Waals surface area contributed by atoms with Crippen LogP contribution in [0.3, 0.4) is 0 Å². The van der Waals surface area contributed by atoms with Crippen LogP contribution >= 0.6 is 23.2 Å². The zero-order valence-corrected chi connectivity index (χ0v) is 11.0. The quantitative estimate of drug-likeness (QED) is 0.628. The summed E-state index contributed by atoms with van der Waals surface area (Å²) in [7, 11) is 0. The van der Waals surface area contributed by atoms with Crippen molar-refractivity contribution in [2.75, 3.05) is 6.61 Å². The smallest absolute Gasteiger partial charge is 0.307 e. The van der Waals surface area contributed by atoms with Crippen molar-refractivity contribution < 1.29 is 9.53 Å². The van der Waals surface area contributed by atoms with Gasteiger partial charge in [-0.25, -0.2) is 0 Å². The molecule has 0 aromatic heterocycles. The van der Waals surface area contributed by atoms with Crippen LogP contribution in [0.5, 0.6) is 0 Å². The summed E-state index contributed by atoms with van der Waals surface area (Å²) in [5, 5.41) is 0.156. The molecule has 1 fully saturated rings. The Kier molecular flexibility index (Phi) is 5.87. The second kappa shape index (κ2) is 6.67. The van der Waals surface area contributed by atoms with E-state index in [9.17, 15) is 4.79 Å². The van der Waals surface area contributed by atoms with Crippen molar-refractivity contribution in [1.82, 2.24) is 0 Å². The third kappa shape index (κ3) is 4.48. The standard InChI is InChI=1S/C11H19Cl2NO2/c1-2-16-11(15)6-10(14)7-3-8(12)5-9(13)4-7/h7-10H,2-6,14H2,1H3. The van der Waals surface area contributed by atoms with Crippen molar-refractivity contribution >= 4 is 29.2 Å². The molecular weight excluding hydrogens is 249 g/mol. The number of hydrogen-bond acceptors (Lipinski definition) is 3. The van der Waals surface area contributed by atoms with Crippen LogP contribution < -0.4 is 5.73 Å². The van der Waals surface area contributed by atoms with Crippen LogP contribution in [0, 0.1) is 5.92 Å². The molecule has 5 heteroatoms. The Hall–Kier alpha value is 0.01000. The summed E-state index contributed by atoms with van der Waals surface area (Å²) in [5.41, 5.74) is 5.99. The number of rotatable bonds is 4. The van der Waals surface area contributed by atoms with Gasteiger partial charge in [-0.05, 0) is 32.1 Å². The maximum Gasteiger partial charge on any atom is 0.307 e. The molecule has 0 heterocycles. The molecule has 0 bridgehead atoms. The van der Waals surface area contributed by atoms with Crippen molar-refractivity contribution in [3.05, 3.63) is 0 Å². The largest absolute Gasteiger partial charge is 0.466 e. The molecule has 3 unspecified atom stereocenters. The fourth-order valence-corrected chi connectivity index (χ4v) is 3.13. The Balaban J connectivity index is 2.40. The summed E-state index contributed by atoms with van der Waals surface area (Å²) in [6.07, 6.45) is 2.76. The molecule has 1 saturated carbocycles. The SMILES string of the molecule is CCOC(=O)CC(N)C1CC(Cl)CC(Cl)C1. The molecular formula is C11H19Cl2NO2. The van der Waals surface area contributed by atoms with E-state index < -0.39 is 0 Å². The average Bonchev–Trinajstić information content (AvgIpc) is 2.16. The van der Waals surface area contributed by atoms with Crippen molar-refractivity contribution in [2.45, 2.75) is 49.4 Å². The Bertz CT molecular complexity index is 228. The minimum atomic E-state index is -0.238. The van der Waals surface area contributed by atoms with Gasteiger partial charge >= 0.3 is 5.97 Å². The maximum atomic E-state index is 11.3. The number of nitrogens with two attached hydrogens (primary N) is 1. The van der Waals surface area contributed by atoms with E-state index in [2.05, 4.69) is 0 Å². The second-order valence-electron chi connectivity index (χ2n) is 4.33. The van der Waals surface area contributed by atoms with Crippen LogP contribution in [-0.2, 0) is 9.53 Å². The molecule has 3 nitrogen and oxygen atoms in total. The molecule has 0 aliphatic heterocycles. The van der Waals surface area contributed by atoms with Crippen molar-refractivity contribution in [3.8, 4) is 0 Å². The van der Waals surface area contributed by atoms with Crippen molar-refractivity contribution in [1.29, 1.82) is 0 Å². The number of halogens is 2. The molecule has 2 N–H and O–H groups in total. The highest BCUT2D eigenvalue weighted by Gasteiger charge is 2.31. The van der Waals surface area contributed by atoms with Gasteiger partial charge in [0.15, 0.2) is 0 Å². The summed E-state index contributed by atoms with van der Waals surface area (Å²) < 4.78 is 4.87. The van der Waals surface area contributed by atoms with E-state index in [1.807, 2.05) is 0 Å². The lowest BCUT2D eigenvalue weighted by atomic mass is 9.82. The van der Waals surface area contributed by atoms with Gasteiger partial charge in [-0.1, -0.05) is 0 Å². The van der Waals surface area contributed by atoms with Crippen LogP contribution in [-0.4, -0.2) is 29.4 Å². The Morgan fingerprint density at radius 3 is 2.44 bits per heavy atom. The van der Waals surface area contributed by atoms with E-state index in [0.29, 0.717) is 6.61 Å². The van der Waals surface area contributed by atoms with Crippen LogP contribution in [0.15, 0.2) is 0 Å². The lowest BCUT2D eigenvalue weighted by molar-refractivity contribution is -0.143. The van der Waals surface area contributed by atoms with Gasteiger partial charge in [0, 0.05) is 16.8 Å². The van der Waals surface area contributed by atoms with Gasteiger partial charge in [-0.2, -0.15) is 0 Å². The molecule has 3 atom stereocenters. The maximum absolute atomic E-state index is 11.3. The third-order valence-electron chi connectivity index (χ3n) is 2.94. The first kappa shape index (κ1) is 14.1. The van der Waals surface area contributed by atoms with E-state index in [1.165, 1.54) is 0 Å². The molecule has 0 aromatic rings. The van der Waals surface area contributed by atoms with Crippen LogP contribution in [0.1, 0.15) is 32.6 Å². The summed E-state index contributed by atoms with van der Waals surface area (Å²) in [6.45, 7) is 2.18. The van der Waals surface area contributed by atoms with Crippen LogP contribution in [0.2, 0.25) is 0 Å². The highest BCUT2D eigenvalue weighted by atomic mass is 35.5. The van der Waals surface area contributed by atoms with Gasteiger partial charge in [0.2, 0.25) is 0 Å². The second-order valence-corrected chi connectivity index (χ2v) is 5.57. The van der Waals surface area contributed by atoms with Gasteiger partial charge in [0.25, 0.3) is 0 Å². The summed E-state index contributed by atoms with van der Waals surface area (Å²) >= 11 is 12.2. The number of alkyl halides is 2. The van der Waals surface area contributed by atoms with E-state index in [1.54, 1.807) is 6.92 Å². The van der Waals surface area contributed by atoms with Gasteiger partial charge in [-0.15, -0.1) is 23.2 Å². The first-order chi connectivity index (χ1) is 7.52. The fraction of sp³-hybridized carbons (Fsp3) is 0.909. The molecule has 0 radical (unpaired) electrons. The summed E-state index contributed by atoms with van der Waals surface area (Å²) in [4.78, 5) is 11.3. The molecule has 0 aromatic carbocycles. The summed E-state index contributed by atoms with van der Waals surface area (Å²) in [6, 6.07) is -0.193. The number of carbonyl (C=O) groups excluding carboxylic acids is 1. The molecule has 94 valence electrons. The molecule has 0 spiro atoms. The lowest BCUT2D eigenvalue weighted by Gasteiger charge is -2.32. The highest BCUT2D eigenvalue weighted by Crippen LogP contribution is 2.33. The number of carbonyl (C=O) groups is 1. The number of esters is 1. The zero-order valence-electron chi connectivity index (χ0n) is 9.49. The fourth-order valence-electron chi connectivity index (χ4n) is 2.15. The number of ether oxygens (including phenoxy) is 1. The molecule has 1 rings (SSSR count). The first-order valence-electron chi connectivity index (χ1n) is 5.72. The number of hydrogen-bond donors (Lipinski definition) is 1. The zero-order chi connectivity index (χ0) is 12.1. The Labute approximate surface area is 107 Å². The van der Waals surface area contributed by atoms with E-state index in [0.717, 1.165) is 19.3 Å². The predicted molar refractivity (Wildman–Crippen MR) is 65.8 cm³/mol. The molecule has 16 heavy (non-hydrogen) atoms. The molecule has 1 aliphatic carbocycles. The average molecular weight is 268 g/mol. The predicted octanol–water partition coefficient (Wildman–Crippen LogP) is 2.28.